The standard InChI is InChI=1S/C28H30N2O7S.C25H26N2O5S.C3H5BrO2.CH2O3.2K.H/c1-6-16-29(20(2)17-27(31)36-4)25-14-15-26(24-13-8-7-12-23(24)25)30(19-28(32)37-5)38(33,34)22-11-9-10-21(18-22)35-3;1-5-15-27(18(2)16-25(28)32-4)24-14-13-23(21-11-6-7-12-22(21)24)26-33(29,30)20-10-8-9-19(17-20)31-3;1-6-3(5)2-4;2-1-4-3;;;/h1,7-15,18,20H,16-17,19H2,2-5H3;1,6-14,17-18,26H,15-16H2,2-4H3;2H2,1H3;1,3H;;;/q;;;;2*+1;-1/p-1/t20-;18-;;;;;/m00...../s1. The quantitative estimate of drug-likeness (QED) is 0.0144. The number of carbonyl (C=O) groups is 5. The number of hydrogen-bond donors (Lipinski definition) is 1. The largest absolute Gasteiger partial charge is 1.00 e. The van der Waals surface area contributed by atoms with Crippen molar-refractivity contribution in [3.8, 4) is 36.2 Å². The van der Waals surface area contributed by atoms with Crippen LogP contribution in [-0.4, -0.2) is 127 Å². The third-order valence-corrected chi connectivity index (χ3v) is 15.3. The molecule has 0 aliphatic carbocycles. The van der Waals surface area contributed by atoms with Crippen LogP contribution in [0.3, 0.4) is 0 Å². The molecule has 0 bridgehead atoms. The molecule has 0 unspecified atom stereocenters. The summed E-state index contributed by atoms with van der Waals surface area (Å²) in [7, 11) is 0.0629. The van der Waals surface area contributed by atoms with Gasteiger partial charge in [-0.1, -0.05) is 88.4 Å². The number of rotatable bonds is 22. The number of terminal acetylenes is 2. The second-order valence-electron chi connectivity index (χ2n) is 16.7. The number of halogens is 1. The summed E-state index contributed by atoms with van der Waals surface area (Å²) in [6.45, 7) is 3.49. The van der Waals surface area contributed by atoms with E-state index >= 15 is 0 Å². The zero-order valence-corrected chi connectivity index (χ0v) is 57.1. The van der Waals surface area contributed by atoms with Crippen LogP contribution < -0.4 is 136 Å². The Morgan fingerprint density at radius 1 is 0.602 bits per heavy atom. The van der Waals surface area contributed by atoms with Gasteiger partial charge in [-0.05, 0) is 62.4 Å². The summed E-state index contributed by atoms with van der Waals surface area (Å²) in [5, 5.41) is 11.5. The molecule has 0 spiro atoms. The van der Waals surface area contributed by atoms with Crippen LogP contribution >= 0.6 is 15.9 Å². The molecule has 26 heteroatoms. The Morgan fingerprint density at radius 3 is 1.41 bits per heavy atom. The number of alkyl halides is 1. The zero-order chi connectivity index (χ0) is 60.3. The van der Waals surface area contributed by atoms with E-state index in [1.807, 2.05) is 60.0 Å². The van der Waals surface area contributed by atoms with Crippen molar-refractivity contribution in [2.75, 3.05) is 86.5 Å². The molecule has 83 heavy (non-hydrogen) atoms. The van der Waals surface area contributed by atoms with Gasteiger partial charge in [-0.25, -0.2) is 16.8 Å². The maximum Gasteiger partial charge on any atom is 1.00 e. The van der Waals surface area contributed by atoms with E-state index in [4.69, 9.17) is 46.6 Å². The first-order chi connectivity index (χ1) is 38.7. The molecular formula is C57H63BrK2N4O17S2. The third-order valence-electron chi connectivity index (χ3n) is 11.7. The monoisotopic (exact) mass is 1300 g/mol. The van der Waals surface area contributed by atoms with Crippen LogP contribution in [0.4, 0.5) is 22.7 Å². The molecule has 6 aromatic rings. The number of ether oxygens (including phenoxy) is 6. The average molecular weight is 1300 g/mol. The number of nitrogens with zero attached hydrogens (tertiary/aromatic N) is 3. The smallest absolute Gasteiger partial charge is 1.00 e. The summed E-state index contributed by atoms with van der Waals surface area (Å²) >= 11 is 2.90. The molecule has 434 valence electrons. The van der Waals surface area contributed by atoms with Crippen molar-refractivity contribution in [2.45, 2.75) is 48.6 Å². The minimum atomic E-state index is -4.22. The van der Waals surface area contributed by atoms with Crippen molar-refractivity contribution < 1.29 is 184 Å². The van der Waals surface area contributed by atoms with E-state index in [2.05, 4.69) is 42.1 Å². The Bertz CT molecular complexity index is 3440. The summed E-state index contributed by atoms with van der Waals surface area (Å²) in [5.41, 5.74) is 2.21. The van der Waals surface area contributed by atoms with Gasteiger partial charge in [0.15, 0.2) is 0 Å². The summed E-state index contributed by atoms with van der Waals surface area (Å²) in [6.07, 6.45) is 11.5. The average Bonchev–Trinajstić information content (AvgIpc) is 2.41. The minimum Gasteiger partial charge on any atom is -1.00 e. The number of hydrogen-bond acceptors (Lipinski definition) is 19. The Morgan fingerprint density at radius 2 is 1.00 bits per heavy atom. The van der Waals surface area contributed by atoms with Gasteiger partial charge in [0.2, 0.25) is 0 Å². The molecule has 2 atom stereocenters. The molecule has 1 N–H and O–H groups in total. The fourth-order valence-corrected chi connectivity index (χ4v) is 10.6. The van der Waals surface area contributed by atoms with E-state index in [1.54, 1.807) is 60.7 Å². The van der Waals surface area contributed by atoms with Crippen molar-refractivity contribution in [3.05, 3.63) is 121 Å². The molecule has 21 nitrogen and oxygen atoms in total. The maximum absolute atomic E-state index is 13.9. The van der Waals surface area contributed by atoms with E-state index in [9.17, 15) is 36.0 Å². The number of fused-ring (bicyclic) bond motifs is 2. The van der Waals surface area contributed by atoms with E-state index in [0.29, 0.717) is 39.0 Å². The molecule has 0 saturated heterocycles. The van der Waals surface area contributed by atoms with Gasteiger partial charge in [-0.3, -0.25) is 33.0 Å². The minimum absolute atomic E-state index is 0. The summed E-state index contributed by atoms with van der Waals surface area (Å²) in [6, 6.07) is 33.2. The van der Waals surface area contributed by atoms with Crippen molar-refractivity contribution in [1.29, 1.82) is 0 Å². The van der Waals surface area contributed by atoms with Crippen molar-refractivity contribution in [3.63, 3.8) is 0 Å². The number of nitrogens with one attached hydrogen (secondary N) is 1. The predicted molar refractivity (Wildman–Crippen MR) is 310 cm³/mol. The molecule has 0 aliphatic heterocycles. The molecule has 0 saturated carbocycles. The van der Waals surface area contributed by atoms with Crippen LogP contribution in [0.1, 0.15) is 28.1 Å². The third kappa shape index (κ3) is 22.3. The van der Waals surface area contributed by atoms with Crippen LogP contribution in [0.5, 0.6) is 11.5 Å². The molecule has 0 radical (unpaired) electrons. The molecule has 0 aliphatic rings. The van der Waals surface area contributed by atoms with Gasteiger partial charge in [0.25, 0.3) is 26.5 Å². The van der Waals surface area contributed by atoms with Crippen LogP contribution in [0.2, 0.25) is 0 Å². The second-order valence-corrected chi connectivity index (χ2v) is 20.8. The van der Waals surface area contributed by atoms with Gasteiger partial charge in [0, 0.05) is 57.1 Å². The van der Waals surface area contributed by atoms with Crippen LogP contribution in [-0.2, 0) is 67.9 Å². The summed E-state index contributed by atoms with van der Waals surface area (Å²) in [4.78, 5) is 61.2. The Kier molecular flexibility index (Phi) is 35.2. The van der Waals surface area contributed by atoms with Gasteiger partial charge < -0.3 is 49.8 Å². The van der Waals surface area contributed by atoms with Gasteiger partial charge in [0.05, 0.1) is 89.8 Å². The number of carbonyl (C=O) groups excluding carboxylic acids is 5. The van der Waals surface area contributed by atoms with Crippen LogP contribution in [0, 0.1) is 24.7 Å². The number of benzene rings is 6. The van der Waals surface area contributed by atoms with Gasteiger partial charge in [-0.15, -0.1) is 12.8 Å². The Labute approximate surface area is 579 Å². The first kappa shape index (κ1) is 75.7. The zero-order valence-electron chi connectivity index (χ0n) is 48.7. The van der Waals surface area contributed by atoms with Crippen molar-refractivity contribution in [1.82, 2.24) is 0 Å². The Hall–Kier alpha value is -5.28. The molecular weight excluding hydrogens is 1230 g/mol. The summed E-state index contributed by atoms with van der Waals surface area (Å²) in [5.74, 6) is 4.38. The number of esters is 4. The van der Waals surface area contributed by atoms with Gasteiger partial charge in [-0.2, -0.15) is 0 Å². The fourth-order valence-electron chi connectivity index (χ4n) is 7.78. The number of methoxy groups -OCH3 is 6. The van der Waals surface area contributed by atoms with Crippen molar-refractivity contribution in [2.24, 2.45) is 0 Å². The second kappa shape index (κ2) is 38.6. The summed E-state index contributed by atoms with van der Waals surface area (Å²) < 4.78 is 86.5. The molecule has 0 aromatic heterocycles. The number of sulfonamides is 2. The first-order valence-electron chi connectivity index (χ1n) is 24.0. The topological polar surface area (TPSA) is 263 Å². The molecule has 6 rings (SSSR count). The Balaban J connectivity index is 0.00000138. The van der Waals surface area contributed by atoms with E-state index in [1.165, 1.54) is 66.9 Å². The fraction of sp³-hybridized carbons (Fsp3) is 0.281. The maximum atomic E-state index is 13.9. The van der Waals surface area contributed by atoms with E-state index < -0.39 is 32.6 Å². The molecule has 0 heterocycles. The first-order valence-corrected chi connectivity index (χ1v) is 28.1. The number of anilines is 4. The molecule has 0 fully saturated rings. The molecule has 6 aromatic carbocycles. The van der Waals surface area contributed by atoms with Crippen LogP contribution in [0.25, 0.3) is 21.5 Å². The van der Waals surface area contributed by atoms with E-state index in [-0.39, 0.29) is 187 Å². The van der Waals surface area contributed by atoms with Crippen molar-refractivity contribution >= 4 is 111 Å². The SMILES string of the molecule is C#CCN(c1ccc(N(CC(=O)OC)S(=O)(=O)c2cccc(OC)c2)c2ccccc12)[C@@H](C)CC(=O)OC.C#CCN(c1ccc(NS(=O)(=O)c2cccc(OC)c2)c2ccccc12)[C@@H](C)CC(=O)OC.COC(=O)CBr.O=CO[O-].[H-].[K+].[K+]. The van der Waals surface area contributed by atoms with E-state index in [0.717, 1.165) is 15.4 Å². The van der Waals surface area contributed by atoms with Gasteiger partial charge >= 0.3 is 127 Å². The predicted octanol–water partition coefficient (Wildman–Crippen LogP) is 0.758. The molecule has 0 amide bonds. The normalized spacial score (nSPS) is 10.9. The van der Waals surface area contributed by atoms with Crippen LogP contribution in [0.15, 0.2) is 131 Å². The van der Waals surface area contributed by atoms with Gasteiger partial charge in [0.1, 0.15) is 23.4 Å².